The van der Waals surface area contributed by atoms with Crippen molar-refractivity contribution in [1.82, 2.24) is 9.97 Å². The molecule has 1 aromatic heterocycles. The summed E-state index contributed by atoms with van der Waals surface area (Å²) < 4.78 is 5.55. The Hall–Kier alpha value is -1.36. The molecule has 0 aromatic carbocycles. The normalized spacial score (nSPS) is 14.9. The van der Waals surface area contributed by atoms with Crippen LogP contribution in [0.1, 0.15) is 25.0 Å². The first-order chi connectivity index (χ1) is 8.24. The Bertz CT molecular complexity index is 345. The first-order valence-corrected chi connectivity index (χ1v) is 6.17. The van der Waals surface area contributed by atoms with Crippen LogP contribution in [0.5, 0.6) is 0 Å². The van der Waals surface area contributed by atoms with Crippen molar-refractivity contribution >= 4 is 11.8 Å². The molecule has 1 aromatic rings. The molecule has 0 radical (unpaired) electrons. The van der Waals surface area contributed by atoms with E-state index in [1.165, 1.54) is 12.8 Å². The van der Waals surface area contributed by atoms with Gasteiger partial charge in [-0.15, -0.1) is 0 Å². The topological polar surface area (TPSA) is 73.1 Å². The van der Waals surface area contributed by atoms with E-state index in [-0.39, 0.29) is 0 Å². The fourth-order valence-corrected chi connectivity index (χ4v) is 1.61. The molecule has 1 aliphatic rings. The Labute approximate surface area is 102 Å². The number of nitrogens with two attached hydrogens (primary N) is 1. The first kappa shape index (κ1) is 12.1. The highest BCUT2D eigenvalue weighted by Gasteiger charge is 2.20. The number of nitrogens with zero attached hydrogens (tertiary/aromatic N) is 2. The molecular weight excluding hydrogens is 216 g/mol. The maximum Gasteiger partial charge on any atom is 0.222 e. The number of hydrogen-bond donors (Lipinski definition) is 2. The molecule has 3 N–H and O–H groups in total. The van der Waals surface area contributed by atoms with Gasteiger partial charge >= 0.3 is 0 Å². The van der Waals surface area contributed by atoms with E-state index in [1.54, 1.807) is 0 Å². The zero-order chi connectivity index (χ0) is 12.1. The van der Waals surface area contributed by atoms with E-state index in [4.69, 9.17) is 10.5 Å². The molecule has 1 heterocycles. The minimum atomic E-state index is 0.317. The highest BCUT2D eigenvalue weighted by molar-refractivity contribution is 5.39. The maximum atomic E-state index is 5.56. The van der Waals surface area contributed by atoms with Crippen molar-refractivity contribution in [1.29, 1.82) is 0 Å². The van der Waals surface area contributed by atoms with Crippen molar-refractivity contribution in [2.45, 2.75) is 26.2 Å². The fraction of sp³-hybridized carbons (Fsp3) is 0.667. The minimum Gasteiger partial charge on any atom is -0.381 e. The third-order valence-electron chi connectivity index (χ3n) is 2.69. The summed E-state index contributed by atoms with van der Waals surface area (Å²) in [7, 11) is 0. The zero-order valence-electron chi connectivity index (χ0n) is 10.3. The second-order valence-corrected chi connectivity index (χ2v) is 4.55. The molecule has 0 spiro atoms. The number of ether oxygens (including phenoxy) is 1. The summed E-state index contributed by atoms with van der Waals surface area (Å²) in [5.74, 6) is 1.95. The average Bonchev–Trinajstić information content (AvgIpc) is 3.05. The van der Waals surface area contributed by atoms with Gasteiger partial charge in [0.05, 0.1) is 0 Å². The highest BCUT2D eigenvalue weighted by atomic mass is 16.5. The van der Waals surface area contributed by atoms with Gasteiger partial charge in [0.15, 0.2) is 0 Å². The Balaban J connectivity index is 1.59. The molecular formula is C12H20N4O. The predicted octanol–water partition coefficient (Wildman–Crippen LogP) is 1.60. The second kappa shape index (κ2) is 5.82. The van der Waals surface area contributed by atoms with Crippen LogP contribution in [0.25, 0.3) is 0 Å². The van der Waals surface area contributed by atoms with Gasteiger partial charge in [0, 0.05) is 31.5 Å². The van der Waals surface area contributed by atoms with E-state index in [1.807, 2.05) is 13.0 Å². The van der Waals surface area contributed by atoms with Gasteiger partial charge in [-0.2, -0.15) is 4.98 Å². The number of rotatable bonds is 7. The molecule has 94 valence electrons. The van der Waals surface area contributed by atoms with Crippen LogP contribution in [-0.4, -0.2) is 29.7 Å². The summed E-state index contributed by atoms with van der Waals surface area (Å²) in [6.45, 7) is 4.49. The number of nitrogens with one attached hydrogen (secondary N) is 1. The summed E-state index contributed by atoms with van der Waals surface area (Å²) in [6, 6.07) is 1.89. The quantitative estimate of drug-likeness (QED) is 0.703. The Morgan fingerprint density at radius 3 is 3.00 bits per heavy atom. The van der Waals surface area contributed by atoms with Crippen LogP contribution in [0.4, 0.5) is 11.8 Å². The standard InChI is InChI=1S/C12H20N4O/c1-9-7-11(16-12(13)15-9)14-5-2-6-17-8-10-3-4-10/h7,10H,2-6,8H2,1H3,(H3,13,14,15,16). The molecule has 0 aliphatic heterocycles. The molecule has 5 nitrogen and oxygen atoms in total. The zero-order valence-corrected chi connectivity index (χ0v) is 10.3. The van der Waals surface area contributed by atoms with Gasteiger partial charge in [-0.1, -0.05) is 0 Å². The molecule has 0 bridgehead atoms. The van der Waals surface area contributed by atoms with Crippen LogP contribution in [0.2, 0.25) is 0 Å². The summed E-state index contributed by atoms with van der Waals surface area (Å²) in [5, 5.41) is 3.22. The van der Waals surface area contributed by atoms with Gasteiger partial charge in [0.25, 0.3) is 0 Å². The first-order valence-electron chi connectivity index (χ1n) is 6.17. The van der Waals surface area contributed by atoms with E-state index in [0.717, 1.165) is 43.6 Å². The summed E-state index contributed by atoms with van der Waals surface area (Å²) >= 11 is 0. The lowest BCUT2D eigenvalue weighted by Gasteiger charge is -2.07. The van der Waals surface area contributed by atoms with Crippen LogP contribution < -0.4 is 11.1 Å². The number of aryl methyl sites for hydroxylation is 1. The highest BCUT2D eigenvalue weighted by Crippen LogP contribution is 2.28. The smallest absolute Gasteiger partial charge is 0.222 e. The number of aromatic nitrogens is 2. The molecule has 0 unspecified atom stereocenters. The monoisotopic (exact) mass is 236 g/mol. The Morgan fingerprint density at radius 1 is 1.47 bits per heavy atom. The van der Waals surface area contributed by atoms with E-state index in [2.05, 4.69) is 15.3 Å². The van der Waals surface area contributed by atoms with Gasteiger partial charge in [0.1, 0.15) is 5.82 Å². The van der Waals surface area contributed by atoms with Crippen LogP contribution in [0.15, 0.2) is 6.07 Å². The predicted molar refractivity (Wildman–Crippen MR) is 67.8 cm³/mol. The molecule has 5 heteroatoms. The average molecular weight is 236 g/mol. The van der Waals surface area contributed by atoms with E-state index in [0.29, 0.717) is 5.95 Å². The Kier molecular flexibility index (Phi) is 4.14. The van der Waals surface area contributed by atoms with Crippen molar-refractivity contribution in [2.24, 2.45) is 5.92 Å². The number of hydrogen-bond acceptors (Lipinski definition) is 5. The molecule has 1 aliphatic carbocycles. The van der Waals surface area contributed by atoms with Crippen molar-refractivity contribution in [3.8, 4) is 0 Å². The molecule has 0 amide bonds. The number of anilines is 2. The summed E-state index contributed by atoms with van der Waals surface area (Å²) in [5.41, 5.74) is 6.44. The van der Waals surface area contributed by atoms with Gasteiger partial charge in [-0.25, -0.2) is 4.98 Å². The van der Waals surface area contributed by atoms with E-state index >= 15 is 0 Å². The van der Waals surface area contributed by atoms with E-state index in [9.17, 15) is 0 Å². The van der Waals surface area contributed by atoms with Crippen molar-refractivity contribution < 1.29 is 4.74 Å². The van der Waals surface area contributed by atoms with Gasteiger partial charge in [-0.3, -0.25) is 0 Å². The molecule has 1 saturated carbocycles. The van der Waals surface area contributed by atoms with Crippen molar-refractivity contribution in [2.75, 3.05) is 30.8 Å². The van der Waals surface area contributed by atoms with Crippen molar-refractivity contribution in [3.63, 3.8) is 0 Å². The fourth-order valence-electron chi connectivity index (χ4n) is 1.61. The third-order valence-corrected chi connectivity index (χ3v) is 2.69. The molecule has 1 fully saturated rings. The lowest BCUT2D eigenvalue weighted by atomic mass is 10.4. The lowest BCUT2D eigenvalue weighted by Crippen LogP contribution is -2.09. The molecule has 2 rings (SSSR count). The third kappa shape index (κ3) is 4.56. The van der Waals surface area contributed by atoms with Gasteiger partial charge in [0.2, 0.25) is 5.95 Å². The molecule has 17 heavy (non-hydrogen) atoms. The van der Waals surface area contributed by atoms with Crippen molar-refractivity contribution in [3.05, 3.63) is 11.8 Å². The van der Waals surface area contributed by atoms with Gasteiger partial charge < -0.3 is 15.8 Å². The number of nitrogen functional groups attached to an aromatic ring is 1. The largest absolute Gasteiger partial charge is 0.381 e. The van der Waals surface area contributed by atoms with Crippen LogP contribution in [0.3, 0.4) is 0 Å². The van der Waals surface area contributed by atoms with Crippen LogP contribution >= 0.6 is 0 Å². The van der Waals surface area contributed by atoms with Crippen LogP contribution in [-0.2, 0) is 4.74 Å². The summed E-state index contributed by atoms with van der Waals surface area (Å²) in [4.78, 5) is 8.13. The molecule has 0 atom stereocenters. The van der Waals surface area contributed by atoms with Crippen LogP contribution in [0, 0.1) is 12.8 Å². The maximum absolute atomic E-state index is 5.56. The lowest BCUT2D eigenvalue weighted by molar-refractivity contribution is 0.124. The minimum absolute atomic E-state index is 0.317. The summed E-state index contributed by atoms with van der Waals surface area (Å²) in [6.07, 6.45) is 3.67. The Morgan fingerprint density at radius 2 is 2.29 bits per heavy atom. The second-order valence-electron chi connectivity index (χ2n) is 4.55. The molecule has 0 saturated heterocycles. The van der Waals surface area contributed by atoms with E-state index < -0.39 is 0 Å². The SMILES string of the molecule is Cc1cc(NCCCOCC2CC2)nc(N)n1. The van der Waals surface area contributed by atoms with Gasteiger partial charge in [-0.05, 0) is 32.1 Å².